The maximum atomic E-state index is 5.86. The molecule has 0 atom stereocenters. The molecule has 4 nitrogen and oxygen atoms in total. The van der Waals surface area contributed by atoms with Gasteiger partial charge in [0.15, 0.2) is 5.96 Å². The molecular formula is C15H16ClN3O. The second kappa shape index (κ2) is 7.40. The van der Waals surface area contributed by atoms with Crippen LogP contribution >= 0.6 is 11.6 Å². The van der Waals surface area contributed by atoms with Gasteiger partial charge in [0.25, 0.3) is 0 Å². The number of benzene rings is 2. The van der Waals surface area contributed by atoms with Crippen molar-refractivity contribution in [2.45, 2.75) is 0 Å². The lowest BCUT2D eigenvalue weighted by Gasteiger charge is -2.06. The van der Waals surface area contributed by atoms with Crippen LogP contribution in [0.25, 0.3) is 0 Å². The third kappa shape index (κ3) is 4.82. The summed E-state index contributed by atoms with van der Waals surface area (Å²) in [5, 5.41) is 3.65. The van der Waals surface area contributed by atoms with Gasteiger partial charge < -0.3 is 15.8 Å². The highest BCUT2D eigenvalue weighted by molar-refractivity contribution is 6.30. The number of nitrogens with one attached hydrogen (secondary N) is 1. The van der Waals surface area contributed by atoms with Crippen molar-refractivity contribution >= 4 is 23.2 Å². The first-order chi connectivity index (χ1) is 9.74. The van der Waals surface area contributed by atoms with E-state index >= 15 is 0 Å². The zero-order valence-corrected chi connectivity index (χ0v) is 11.7. The van der Waals surface area contributed by atoms with Crippen molar-refractivity contribution in [2.75, 3.05) is 18.5 Å². The molecule has 104 valence electrons. The fraction of sp³-hybridized carbons (Fsp3) is 0.133. The summed E-state index contributed by atoms with van der Waals surface area (Å²) in [5.41, 5.74) is 6.68. The van der Waals surface area contributed by atoms with Gasteiger partial charge in [0.2, 0.25) is 0 Å². The van der Waals surface area contributed by atoms with Crippen molar-refractivity contribution in [3.63, 3.8) is 0 Å². The van der Waals surface area contributed by atoms with E-state index in [4.69, 9.17) is 22.1 Å². The van der Waals surface area contributed by atoms with Gasteiger partial charge in [-0.1, -0.05) is 35.9 Å². The van der Waals surface area contributed by atoms with Gasteiger partial charge in [-0.25, -0.2) is 4.99 Å². The molecule has 0 aliphatic carbocycles. The highest BCUT2D eigenvalue weighted by Gasteiger charge is 1.96. The number of hydrogen-bond donors (Lipinski definition) is 2. The van der Waals surface area contributed by atoms with E-state index in [0.717, 1.165) is 11.4 Å². The minimum atomic E-state index is 0.367. The molecule has 0 aliphatic rings. The van der Waals surface area contributed by atoms with Crippen LogP contribution in [0.15, 0.2) is 59.6 Å². The Morgan fingerprint density at radius 3 is 2.70 bits per heavy atom. The predicted octanol–water partition coefficient (Wildman–Crippen LogP) is 3.15. The molecule has 0 heterocycles. The van der Waals surface area contributed by atoms with Crippen LogP contribution in [0.5, 0.6) is 5.75 Å². The standard InChI is InChI=1S/C15H16ClN3O/c16-12-5-4-8-14(11-12)20-10-9-18-15(17)19-13-6-2-1-3-7-13/h1-8,11H,9-10H2,(H3,17,18,19). The van der Waals surface area contributed by atoms with Gasteiger partial charge >= 0.3 is 0 Å². The first-order valence-corrected chi connectivity index (χ1v) is 6.62. The first kappa shape index (κ1) is 14.2. The van der Waals surface area contributed by atoms with Crippen LogP contribution in [-0.2, 0) is 0 Å². The quantitative estimate of drug-likeness (QED) is 0.505. The molecule has 0 saturated carbocycles. The number of guanidine groups is 1. The molecule has 2 aromatic carbocycles. The van der Waals surface area contributed by atoms with E-state index in [1.807, 2.05) is 42.5 Å². The van der Waals surface area contributed by atoms with Crippen molar-refractivity contribution in [1.29, 1.82) is 0 Å². The number of nitrogens with zero attached hydrogens (tertiary/aromatic N) is 1. The first-order valence-electron chi connectivity index (χ1n) is 6.24. The molecule has 5 heteroatoms. The minimum absolute atomic E-state index is 0.367. The summed E-state index contributed by atoms with van der Waals surface area (Å²) in [5.74, 6) is 1.09. The van der Waals surface area contributed by atoms with Crippen molar-refractivity contribution < 1.29 is 4.74 Å². The molecule has 2 rings (SSSR count). The summed E-state index contributed by atoms with van der Waals surface area (Å²) in [6.07, 6.45) is 0. The second-order valence-electron chi connectivity index (χ2n) is 4.06. The fourth-order valence-corrected chi connectivity index (χ4v) is 1.78. The van der Waals surface area contributed by atoms with Gasteiger partial charge in [0.1, 0.15) is 12.4 Å². The van der Waals surface area contributed by atoms with E-state index in [1.165, 1.54) is 0 Å². The number of aliphatic imine (C=N–C) groups is 1. The van der Waals surface area contributed by atoms with Gasteiger partial charge in [-0.2, -0.15) is 0 Å². The molecular weight excluding hydrogens is 274 g/mol. The van der Waals surface area contributed by atoms with Crippen LogP contribution < -0.4 is 15.8 Å². The Hall–Kier alpha value is -2.20. The van der Waals surface area contributed by atoms with Gasteiger partial charge in [-0.15, -0.1) is 0 Å². The molecule has 0 saturated heterocycles. The van der Waals surface area contributed by atoms with Crippen molar-refractivity contribution in [2.24, 2.45) is 10.7 Å². The van der Waals surface area contributed by atoms with Crippen molar-refractivity contribution in [1.82, 2.24) is 0 Å². The monoisotopic (exact) mass is 289 g/mol. The summed E-state index contributed by atoms with van der Waals surface area (Å²) in [6.45, 7) is 0.912. The van der Waals surface area contributed by atoms with E-state index in [1.54, 1.807) is 12.1 Å². The van der Waals surface area contributed by atoms with E-state index < -0.39 is 0 Å². The molecule has 0 unspecified atom stereocenters. The lowest BCUT2D eigenvalue weighted by molar-refractivity contribution is 0.329. The summed E-state index contributed by atoms with van der Waals surface area (Å²) in [4.78, 5) is 4.18. The van der Waals surface area contributed by atoms with Crippen LogP contribution in [0.4, 0.5) is 5.69 Å². The molecule has 0 radical (unpaired) electrons. The predicted molar refractivity (Wildman–Crippen MR) is 83.5 cm³/mol. The van der Waals surface area contributed by atoms with E-state index in [-0.39, 0.29) is 0 Å². The summed E-state index contributed by atoms with van der Waals surface area (Å²) < 4.78 is 5.51. The van der Waals surface area contributed by atoms with Gasteiger partial charge in [-0.05, 0) is 30.3 Å². The van der Waals surface area contributed by atoms with Crippen LogP contribution in [0.2, 0.25) is 5.02 Å². The summed E-state index contributed by atoms with van der Waals surface area (Å²) in [7, 11) is 0. The average molecular weight is 290 g/mol. The Labute approximate surface area is 123 Å². The van der Waals surface area contributed by atoms with E-state index in [0.29, 0.717) is 24.1 Å². The molecule has 0 amide bonds. The van der Waals surface area contributed by atoms with Crippen molar-refractivity contribution in [3.05, 3.63) is 59.6 Å². The Morgan fingerprint density at radius 1 is 1.15 bits per heavy atom. The fourth-order valence-electron chi connectivity index (χ4n) is 1.60. The van der Waals surface area contributed by atoms with Gasteiger partial charge in [-0.3, -0.25) is 0 Å². The summed E-state index contributed by atoms with van der Waals surface area (Å²) >= 11 is 5.86. The number of anilines is 1. The van der Waals surface area contributed by atoms with Gasteiger partial charge in [0.05, 0.1) is 6.54 Å². The van der Waals surface area contributed by atoms with Crippen LogP contribution in [0.1, 0.15) is 0 Å². The third-order valence-corrected chi connectivity index (χ3v) is 2.72. The lowest BCUT2D eigenvalue weighted by Crippen LogP contribution is -2.23. The maximum Gasteiger partial charge on any atom is 0.193 e. The third-order valence-electron chi connectivity index (χ3n) is 2.48. The molecule has 3 N–H and O–H groups in total. The van der Waals surface area contributed by atoms with Crippen molar-refractivity contribution in [3.8, 4) is 5.75 Å². The SMILES string of the molecule is NC(=NCCOc1cccc(Cl)c1)Nc1ccccc1. The Morgan fingerprint density at radius 2 is 1.95 bits per heavy atom. The van der Waals surface area contributed by atoms with Crippen LogP contribution in [-0.4, -0.2) is 19.1 Å². The summed E-state index contributed by atoms with van der Waals surface area (Å²) in [6, 6.07) is 16.9. The van der Waals surface area contributed by atoms with Crippen LogP contribution in [0.3, 0.4) is 0 Å². The highest BCUT2D eigenvalue weighted by Crippen LogP contribution is 2.16. The Bertz CT molecular complexity index is 572. The molecule has 0 aliphatic heterocycles. The number of ether oxygens (including phenoxy) is 1. The molecule has 20 heavy (non-hydrogen) atoms. The zero-order chi connectivity index (χ0) is 14.2. The largest absolute Gasteiger partial charge is 0.492 e. The molecule has 0 spiro atoms. The highest BCUT2D eigenvalue weighted by atomic mass is 35.5. The molecule has 0 bridgehead atoms. The van der Waals surface area contributed by atoms with Gasteiger partial charge in [0, 0.05) is 10.7 Å². The number of halogens is 1. The molecule has 2 aromatic rings. The minimum Gasteiger partial charge on any atom is -0.492 e. The number of rotatable bonds is 5. The van der Waals surface area contributed by atoms with Crippen LogP contribution in [0, 0.1) is 0 Å². The molecule has 0 fully saturated rings. The second-order valence-corrected chi connectivity index (χ2v) is 4.50. The Balaban J connectivity index is 1.76. The maximum absolute atomic E-state index is 5.86. The molecule has 0 aromatic heterocycles. The number of nitrogens with two attached hydrogens (primary N) is 1. The normalized spacial score (nSPS) is 11.2. The Kier molecular flexibility index (Phi) is 5.26. The van der Waals surface area contributed by atoms with E-state index in [2.05, 4.69) is 10.3 Å². The zero-order valence-electron chi connectivity index (χ0n) is 10.9. The smallest absolute Gasteiger partial charge is 0.193 e. The lowest BCUT2D eigenvalue weighted by atomic mass is 10.3. The average Bonchev–Trinajstić information content (AvgIpc) is 2.45. The number of hydrogen-bond acceptors (Lipinski definition) is 2. The number of para-hydroxylation sites is 1. The topological polar surface area (TPSA) is 59.6 Å². The van der Waals surface area contributed by atoms with E-state index in [9.17, 15) is 0 Å².